The zero-order valence-corrected chi connectivity index (χ0v) is 19.4. The van der Waals surface area contributed by atoms with Gasteiger partial charge < -0.3 is 5.73 Å². The molecule has 1 heteroatoms. The van der Waals surface area contributed by atoms with Crippen molar-refractivity contribution in [2.45, 2.75) is 105 Å². The molecule has 0 aromatic heterocycles. The van der Waals surface area contributed by atoms with Gasteiger partial charge in [-0.05, 0) is 97.2 Å². The van der Waals surface area contributed by atoms with Gasteiger partial charge in [0.1, 0.15) is 0 Å². The molecule has 0 spiro atoms. The van der Waals surface area contributed by atoms with Gasteiger partial charge >= 0.3 is 0 Å². The second kappa shape index (κ2) is 7.75. The van der Waals surface area contributed by atoms with E-state index >= 15 is 0 Å². The maximum atomic E-state index is 6.30. The first-order valence-electron chi connectivity index (χ1n) is 12.7. The highest BCUT2D eigenvalue weighted by Gasteiger charge is 2.59. The molecule has 28 heavy (non-hydrogen) atoms. The van der Waals surface area contributed by atoms with Gasteiger partial charge in [-0.2, -0.15) is 0 Å². The van der Waals surface area contributed by atoms with Crippen LogP contribution in [-0.2, 0) is 0 Å². The van der Waals surface area contributed by atoms with Gasteiger partial charge in [-0.1, -0.05) is 66.0 Å². The summed E-state index contributed by atoms with van der Waals surface area (Å²) >= 11 is 0. The van der Waals surface area contributed by atoms with E-state index < -0.39 is 0 Å². The van der Waals surface area contributed by atoms with Gasteiger partial charge in [0.25, 0.3) is 0 Å². The van der Waals surface area contributed by atoms with Gasteiger partial charge in [0.15, 0.2) is 0 Å². The van der Waals surface area contributed by atoms with Crippen molar-refractivity contribution in [3.63, 3.8) is 0 Å². The zero-order chi connectivity index (χ0) is 20.1. The smallest absolute Gasteiger partial charge is 0.0226 e. The van der Waals surface area contributed by atoms with E-state index in [4.69, 9.17) is 5.73 Å². The van der Waals surface area contributed by atoms with Gasteiger partial charge in [0, 0.05) is 6.04 Å². The van der Waals surface area contributed by atoms with Gasteiger partial charge in [-0.25, -0.2) is 0 Å². The van der Waals surface area contributed by atoms with Gasteiger partial charge in [-0.3, -0.25) is 0 Å². The molecule has 0 radical (unpaired) electrons. The third-order valence-electron chi connectivity index (χ3n) is 10.4. The van der Waals surface area contributed by atoms with Crippen LogP contribution < -0.4 is 5.73 Å². The third-order valence-corrected chi connectivity index (χ3v) is 10.4. The average molecular weight is 386 g/mol. The Labute approximate surface area is 175 Å². The molecular weight excluding hydrogens is 338 g/mol. The number of rotatable bonds is 5. The van der Waals surface area contributed by atoms with E-state index in [-0.39, 0.29) is 0 Å². The Morgan fingerprint density at radius 3 is 2.50 bits per heavy atom. The number of fused-ring (bicyclic) bond motifs is 5. The summed E-state index contributed by atoms with van der Waals surface area (Å²) in [5.74, 6) is 6.49. The SMILES string of the molecule is CC(C)CCC[C@@H](C)[C@H]1CC[C@H]2[C@@H]3CCC4C[C@H](N)C=C[C@]4(C)[C@H]3CC[C@]12C. The topological polar surface area (TPSA) is 26.0 Å². The normalized spacial score (nSPS) is 48.8. The molecule has 0 saturated heterocycles. The van der Waals surface area contributed by atoms with Crippen LogP contribution in [0.25, 0.3) is 0 Å². The number of hydrogen-bond donors (Lipinski definition) is 1. The lowest BCUT2D eigenvalue weighted by Gasteiger charge is -2.60. The third kappa shape index (κ3) is 3.42. The molecule has 9 atom stereocenters. The Balaban J connectivity index is 1.48. The lowest BCUT2D eigenvalue weighted by Crippen LogP contribution is -2.53. The van der Waals surface area contributed by atoms with Crippen molar-refractivity contribution in [3.8, 4) is 0 Å². The molecular formula is C27H47N. The second-order valence-electron chi connectivity index (χ2n) is 12.3. The largest absolute Gasteiger partial charge is 0.324 e. The van der Waals surface area contributed by atoms with Crippen molar-refractivity contribution < 1.29 is 0 Å². The predicted molar refractivity (Wildman–Crippen MR) is 121 cm³/mol. The highest BCUT2D eigenvalue weighted by Crippen LogP contribution is 2.67. The molecule has 4 rings (SSSR count). The van der Waals surface area contributed by atoms with E-state index in [1.165, 1.54) is 64.2 Å². The van der Waals surface area contributed by atoms with Gasteiger partial charge in [0.05, 0.1) is 0 Å². The number of nitrogens with two attached hydrogens (primary N) is 1. The first-order chi connectivity index (χ1) is 13.3. The van der Waals surface area contributed by atoms with Gasteiger partial charge in [-0.15, -0.1) is 0 Å². The van der Waals surface area contributed by atoms with E-state index in [1.54, 1.807) is 0 Å². The van der Waals surface area contributed by atoms with Crippen LogP contribution in [0, 0.1) is 52.3 Å². The highest BCUT2D eigenvalue weighted by atomic mass is 14.7. The van der Waals surface area contributed by atoms with Crippen LogP contribution in [0.1, 0.15) is 98.8 Å². The summed E-state index contributed by atoms with van der Waals surface area (Å²) in [6.07, 6.45) is 19.4. The Morgan fingerprint density at radius 2 is 1.75 bits per heavy atom. The van der Waals surface area contributed by atoms with Crippen LogP contribution in [0.15, 0.2) is 12.2 Å². The molecule has 4 aliphatic carbocycles. The van der Waals surface area contributed by atoms with Crippen LogP contribution in [0.3, 0.4) is 0 Å². The standard InChI is InChI=1S/C27H47N/c1-18(2)7-6-8-19(3)23-11-12-24-22-10-9-20-17-21(28)13-15-26(20,4)25(22)14-16-27(23,24)5/h13,15,18-25H,6-12,14,16-17,28H2,1-5H3/t19-,20?,21-,22+,23-,24+,25+,26+,27-/m1/s1. The fourth-order valence-electron chi connectivity index (χ4n) is 8.86. The minimum absolute atomic E-state index is 0.311. The summed E-state index contributed by atoms with van der Waals surface area (Å²) in [5, 5.41) is 0. The predicted octanol–water partition coefficient (Wildman–Crippen LogP) is 7.21. The summed E-state index contributed by atoms with van der Waals surface area (Å²) in [7, 11) is 0. The molecule has 0 bridgehead atoms. The molecule has 3 saturated carbocycles. The summed E-state index contributed by atoms with van der Waals surface area (Å²) in [5.41, 5.74) is 7.35. The molecule has 0 aliphatic heterocycles. The van der Waals surface area contributed by atoms with Crippen molar-refractivity contribution in [1.29, 1.82) is 0 Å². The van der Waals surface area contributed by atoms with Crippen LogP contribution in [0.5, 0.6) is 0 Å². The maximum Gasteiger partial charge on any atom is 0.0226 e. The lowest BCUT2D eigenvalue weighted by atomic mass is 9.45. The molecule has 1 unspecified atom stereocenters. The Hall–Kier alpha value is -0.300. The lowest BCUT2D eigenvalue weighted by molar-refractivity contribution is -0.0854. The fourth-order valence-corrected chi connectivity index (χ4v) is 8.86. The molecule has 2 N–H and O–H groups in total. The molecule has 3 fully saturated rings. The highest BCUT2D eigenvalue weighted by molar-refractivity contribution is 5.18. The van der Waals surface area contributed by atoms with Crippen molar-refractivity contribution in [3.05, 3.63) is 12.2 Å². The van der Waals surface area contributed by atoms with E-state index in [0.29, 0.717) is 16.9 Å². The Kier molecular flexibility index (Phi) is 5.80. The monoisotopic (exact) mass is 385 g/mol. The maximum absolute atomic E-state index is 6.30. The van der Waals surface area contributed by atoms with Gasteiger partial charge in [0.2, 0.25) is 0 Å². The molecule has 0 amide bonds. The Bertz CT molecular complexity index is 579. The van der Waals surface area contributed by atoms with Crippen LogP contribution in [-0.4, -0.2) is 6.04 Å². The Morgan fingerprint density at radius 1 is 0.964 bits per heavy atom. The molecule has 0 aromatic rings. The molecule has 1 nitrogen and oxygen atoms in total. The summed E-state index contributed by atoms with van der Waals surface area (Å²) in [4.78, 5) is 0. The van der Waals surface area contributed by atoms with Crippen molar-refractivity contribution in [1.82, 2.24) is 0 Å². The molecule has 4 aliphatic rings. The first kappa shape index (κ1) is 21.0. The van der Waals surface area contributed by atoms with Crippen LogP contribution in [0.4, 0.5) is 0 Å². The second-order valence-corrected chi connectivity index (χ2v) is 12.3. The van der Waals surface area contributed by atoms with Crippen LogP contribution in [0.2, 0.25) is 0 Å². The van der Waals surface area contributed by atoms with Crippen molar-refractivity contribution in [2.24, 2.45) is 58.0 Å². The minimum atomic E-state index is 0.311. The zero-order valence-electron chi connectivity index (χ0n) is 19.4. The number of allylic oxidation sites excluding steroid dienone is 1. The fraction of sp³-hybridized carbons (Fsp3) is 0.926. The molecule has 0 heterocycles. The number of hydrogen-bond acceptors (Lipinski definition) is 1. The quantitative estimate of drug-likeness (QED) is 0.497. The van der Waals surface area contributed by atoms with E-state index in [0.717, 1.165) is 41.4 Å². The van der Waals surface area contributed by atoms with Crippen molar-refractivity contribution in [2.75, 3.05) is 0 Å². The van der Waals surface area contributed by atoms with E-state index in [1.807, 2.05) is 0 Å². The average Bonchev–Trinajstić information content (AvgIpc) is 2.99. The molecule has 0 aromatic carbocycles. The van der Waals surface area contributed by atoms with E-state index in [9.17, 15) is 0 Å². The first-order valence-corrected chi connectivity index (χ1v) is 12.7. The van der Waals surface area contributed by atoms with E-state index in [2.05, 4.69) is 46.8 Å². The van der Waals surface area contributed by atoms with Crippen molar-refractivity contribution >= 4 is 0 Å². The summed E-state index contributed by atoms with van der Waals surface area (Å²) < 4.78 is 0. The summed E-state index contributed by atoms with van der Waals surface area (Å²) in [6, 6.07) is 0.311. The molecule has 160 valence electrons. The minimum Gasteiger partial charge on any atom is -0.324 e. The summed E-state index contributed by atoms with van der Waals surface area (Å²) in [6.45, 7) is 12.7. The van der Waals surface area contributed by atoms with Crippen LogP contribution >= 0.6 is 0 Å².